The van der Waals surface area contributed by atoms with Crippen molar-refractivity contribution >= 4 is 24.9 Å². The summed E-state index contributed by atoms with van der Waals surface area (Å²) >= 11 is 0. The van der Waals surface area contributed by atoms with Crippen LogP contribution in [-0.4, -0.2) is 35.1 Å². The van der Waals surface area contributed by atoms with Gasteiger partial charge in [-0.1, -0.05) is 0 Å². The molecule has 0 heterocycles. The summed E-state index contributed by atoms with van der Waals surface area (Å²) in [5.41, 5.74) is 0.0742. The van der Waals surface area contributed by atoms with Gasteiger partial charge in [0.2, 0.25) is 0 Å². The molecule has 2 rings (SSSR count). The first-order chi connectivity index (χ1) is 11.4. The fraction of sp³-hybridized carbons (Fsp3) is 0. The van der Waals surface area contributed by atoms with Crippen LogP contribution in [0.4, 0.5) is 0 Å². The summed E-state index contributed by atoms with van der Waals surface area (Å²) in [6, 6.07) is 7.53. The number of benzene rings is 2. The molecule has 122 valence electrons. The molecule has 24 heavy (non-hydrogen) atoms. The molecule has 0 bridgehead atoms. The molecule has 0 aliphatic rings. The Morgan fingerprint density at radius 2 is 1.12 bits per heavy atom. The summed E-state index contributed by atoms with van der Waals surface area (Å²) in [5, 5.41) is 18.2. The van der Waals surface area contributed by atoms with E-state index in [0.29, 0.717) is 5.56 Å². The van der Waals surface area contributed by atoms with Crippen LogP contribution in [0.3, 0.4) is 0 Å². The monoisotopic (exact) mass is 330 g/mol. The van der Waals surface area contributed by atoms with E-state index in [2.05, 4.69) is 0 Å². The van der Waals surface area contributed by atoms with Crippen molar-refractivity contribution in [1.29, 1.82) is 0 Å². The topological polar surface area (TPSA) is 127 Å². The van der Waals surface area contributed by atoms with Gasteiger partial charge in [-0.05, 0) is 41.5 Å². The van der Waals surface area contributed by atoms with Gasteiger partial charge in [-0.2, -0.15) is 0 Å². The quantitative estimate of drug-likeness (QED) is 0.736. The van der Waals surface area contributed by atoms with E-state index in [4.69, 9.17) is 19.7 Å². The van der Waals surface area contributed by atoms with Gasteiger partial charge < -0.3 is 19.7 Å². The molecule has 0 saturated heterocycles. The van der Waals surface area contributed by atoms with Crippen LogP contribution < -0.4 is 9.47 Å². The zero-order valence-electron chi connectivity index (χ0n) is 12.0. The van der Waals surface area contributed by atoms with Gasteiger partial charge in [-0.25, -0.2) is 9.59 Å². The number of carbonyl (C=O) groups is 4. The number of rotatable bonds is 7. The van der Waals surface area contributed by atoms with Crippen LogP contribution in [0.5, 0.6) is 11.5 Å². The Kier molecular flexibility index (Phi) is 4.90. The van der Waals surface area contributed by atoms with Gasteiger partial charge in [0, 0.05) is 6.07 Å². The largest absolute Gasteiger partial charge is 0.478 e. The first kappa shape index (κ1) is 16.7. The van der Waals surface area contributed by atoms with Crippen molar-refractivity contribution in [3.05, 3.63) is 47.5 Å². The summed E-state index contributed by atoms with van der Waals surface area (Å²) in [7, 11) is 0. The second-order valence-electron chi connectivity index (χ2n) is 4.53. The van der Waals surface area contributed by atoms with Crippen molar-refractivity contribution in [2.45, 2.75) is 0 Å². The van der Waals surface area contributed by atoms with Crippen LogP contribution in [-0.2, 0) is 9.59 Å². The van der Waals surface area contributed by atoms with E-state index in [-0.39, 0.29) is 41.1 Å². The van der Waals surface area contributed by atoms with Crippen LogP contribution in [0.15, 0.2) is 36.4 Å². The van der Waals surface area contributed by atoms with Gasteiger partial charge in [-0.15, -0.1) is 0 Å². The van der Waals surface area contributed by atoms with Crippen molar-refractivity contribution in [3.63, 3.8) is 0 Å². The van der Waals surface area contributed by atoms with E-state index in [1.54, 1.807) is 0 Å². The third kappa shape index (κ3) is 3.74. The molecule has 0 spiro atoms. The molecule has 0 atom stereocenters. The maximum absolute atomic E-state index is 11.2. The summed E-state index contributed by atoms with van der Waals surface area (Å²) in [5.74, 6) is -2.53. The maximum atomic E-state index is 11.2. The minimum atomic E-state index is -1.30. The molecule has 0 saturated carbocycles. The van der Waals surface area contributed by atoms with E-state index in [9.17, 15) is 19.2 Å². The van der Waals surface area contributed by atoms with Crippen LogP contribution in [0, 0.1) is 0 Å². The number of carbonyl (C=O) groups excluding carboxylic acids is 2. The fourth-order valence-corrected chi connectivity index (χ4v) is 2.03. The number of ether oxygens (including phenoxy) is 2. The zero-order chi connectivity index (χ0) is 17.7. The Labute approximate surface area is 134 Å². The lowest BCUT2D eigenvalue weighted by molar-refractivity contribution is -0.121. The number of carboxylic acid groups (broad SMARTS) is 2. The van der Waals surface area contributed by atoms with Crippen LogP contribution in [0.25, 0.3) is 11.1 Å². The minimum Gasteiger partial charge on any atom is -0.478 e. The van der Waals surface area contributed by atoms with Crippen molar-refractivity contribution in [3.8, 4) is 22.6 Å². The van der Waals surface area contributed by atoms with Crippen molar-refractivity contribution in [2.75, 3.05) is 0 Å². The SMILES string of the molecule is O=COc1cc(OC=O)cc(-c2cc(C(=O)O)cc(C(=O)O)c2)c1. The Balaban J connectivity index is 2.64. The highest BCUT2D eigenvalue weighted by molar-refractivity contribution is 5.96. The number of hydrogen-bond donors (Lipinski definition) is 2. The number of hydrogen-bond acceptors (Lipinski definition) is 6. The van der Waals surface area contributed by atoms with Crippen molar-refractivity contribution in [1.82, 2.24) is 0 Å². The molecule has 0 aliphatic carbocycles. The zero-order valence-corrected chi connectivity index (χ0v) is 12.0. The first-order valence-electron chi connectivity index (χ1n) is 6.42. The fourth-order valence-electron chi connectivity index (χ4n) is 2.03. The molecule has 2 N–H and O–H groups in total. The lowest BCUT2D eigenvalue weighted by atomic mass is 9.99. The van der Waals surface area contributed by atoms with Gasteiger partial charge in [0.05, 0.1) is 11.1 Å². The Morgan fingerprint density at radius 3 is 1.50 bits per heavy atom. The third-order valence-electron chi connectivity index (χ3n) is 3.01. The molecule has 0 radical (unpaired) electrons. The second kappa shape index (κ2) is 7.05. The van der Waals surface area contributed by atoms with Crippen molar-refractivity contribution < 1.29 is 38.9 Å². The second-order valence-corrected chi connectivity index (χ2v) is 4.53. The molecular weight excluding hydrogens is 320 g/mol. The Hall–Kier alpha value is -3.68. The lowest BCUT2D eigenvalue weighted by Crippen LogP contribution is -2.03. The van der Waals surface area contributed by atoms with Crippen LogP contribution >= 0.6 is 0 Å². The molecule has 0 aliphatic heterocycles. The summed E-state index contributed by atoms with van der Waals surface area (Å²) in [4.78, 5) is 43.3. The highest BCUT2D eigenvalue weighted by atomic mass is 16.5. The van der Waals surface area contributed by atoms with E-state index in [0.717, 1.165) is 6.07 Å². The predicted octanol–water partition coefficient (Wildman–Crippen LogP) is 1.82. The summed E-state index contributed by atoms with van der Waals surface area (Å²) in [6.45, 7) is 0.334. The van der Waals surface area contributed by atoms with E-state index in [1.165, 1.54) is 30.3 Å². The van der Waals surface area contributed by atoms with Gasteiger partial charge in [0.1, 0.15) is 11.5 Å². The van der Waals surface area contributed by atoms with E-state index in [1.807, 2.05) is 0 Å². The molecule has 8 nitrogen and oxygen atoms in total. The average Bonchev–Trinajstić information content (AvgIpc) is 2.54. The van der Waals surface area contributed by atoms with Gasteiger partial charge in [-0.3, -0.25) is 9.59 Å². The third-order valence-corrected chi connectivity index (χ3v) is 3.01. The Bertz CT molecular complexity index is 764. The molecule has 0 unspecified atom stereocenters. The summed E-state index contributed by atoms with van der Waals surface area (Å²) in [6.07, 6.45) is 0. The van der Waals surface area contributed by atoms with Gasteiger partial charge in [0.25, 0.3) is 12.9 Å². The lowest BCUT2D eigenvalue weighted by Gasteiger charge is -2.09. The molecule has 0 aromatic heterocycles. The van der Waals surface area contributed by atoms with Crippen molar-refractivity contribution in [2.24, 2.45) is 0 Å². The van der Waals surface area contributed by atoms with E-state index >= 15 is 0 Å². The summed E-state index contributed by atoms with van der Waals surface area (Å²) < 4.78 is 9.40. The molecule has 2 aromatic rings. The van der Waals surface area contributed by atoms with E-state index < -0.39 is 11.9 Å². The minimum absolute atomic E-state index is 0.0388. The predicted molar refractivity (Wildman–Crippen MR) is 79.2 cm³/mol. The maximum Gasteiger partial charge on any atom is 0.335 e. The Morgan fingerprint density at radius 1 is 0.708 bits per heavy atom. The van der Waals surface area contributed by atoms with Gasteiger partial charge >= 0.3 is 11.9 Å². The molecule has 0 amide bonds. The number of carboxylic acids is 2. The first-order valence-corrected chi connectivity index (χ1v) is 6.42. The normalized spacial score (nSPS) is 9.83. The average molecular weight is 330 g/mol. The number of aromatic carboxylic acids is 2. The highest BCUT2D eigenvalue weighted by Crippen LogP contribution is 2.31. The molecular formula is C16H10O8. The molecule has 8 heteroatoms. The van der Waals surface area contributed by atoms with Crippen LogP contribution in [0.2, 0.25) is 0 Å². The molecule has 0 fully saturated rings. The smallest absolute Gasteiger partial charge is 0.335 e. The highest BCUT2D eigenvalue weighted by Gasteiger charge is 2.14. The molecule has 2 aromatic carbocycles. The van der Waals surface area contributed by atoms with Gasteiger partial charge in [0.15, 0.2) is 0 Å². The standard InChI is InChI=1S/C16H10O8/c17-7-23-13-4-10(5-14(6-13)24-8-18)9-1-11(15(19)20)3-12(2-9)16(21)22/h1-8H,(H,19,20)(H,21,22). The van der Waals surface area contributed by atoms with Crippen LogP contribution in [0.1, 0.15) is 20.7 Å².